The summed E-state index contributed by atoms with van der Waals surface area (Å²) in [6.07, 6.45) is 3.48. The second kappa shape index (κ2) is 4.93. The van der Waals surface area contributed by atoms with Gasteiger partial charge in [-0.05, 0) is 13.8 Å². The van der Waals surface area contributed by atoms with Crippen LogP contribution in [0.2, 0.25) is 0 Å². The van der Waals surface area contributed by atoms with Gasteiger partial charge in [-0.2, -0.15) is 0 Å². The van der Waals surface area contributed by atoms with Gasteiger partial charge < -0.3 is 9.67 Å². The van der Waals surface area contributed by atoms with Crippen LogP contribution in [0.4, 0.5) is 0 Å². The van der Waals surface area contributed by atoms with Gasteiger partial charge in [0.15, 0.2) is 0 Å². The minimum absolute atomic E-state index is 0.0584. The third-order valence-electron chi connectivity index (χ3n) is 2.35. The van der Waals surface area contributed by atoms with E-state index in [0.717, 1.165) is 5.69 Å². The number of nitrogens with zero attached hydrogens (tertiary/aromatic N) is 3. The van der Waals surface area contributed by atoms with Crippen LogP contribution in [-0.2, 0) is 18.4 Å². The number of carboxylic acids is 1. The van der Waals surface area contributed by atoms with E-state index in [9.17, 15) is 4.79 Å². The summed E-state index contributed by atoms with van der Waals surface area (Å²) in [7, 11) is 1.90. The zero-order valence-electron chi connectivity index (χ0n) is 9.34. The fourth-order valence-corrected chi connectivity index (χ4v) is 1.34. The molecule has 0 atom stereocenters. The quantitative estimate of drug-likeness (QED) is 0.779. The van der Waals surface area contributed by atoms with Crippen LogP contribution < -0.4 is 0 Å². The molecule has 0 amide bonds. The van der Waals surface area contributed by atoms with Crippen LogP contribution in [0, 0.1) is 0 Å². The molecule has 5 heteroatoms. The molecule has 5 nitrogen and oxygen atoms in total. The van der Waals surface area contributed by atoms with Crippen molar-refractivity contribution in [2.45, 2.75) is 26.4 Å². The third kappa shape index (κ3) is 3.36. The van der Waals surface area contributed by atoms with Gasteiger partial charge in [0.05, 0.1) is 18.6 Å². The molecule has 0 radical (unpaired) electrons. The molecule has 0 spiro atoms. The van der Waals surface area contributed by atoms with Gasteiger partial charge >= 0.3 is 5.97 Å². The first-order chi connectivity index (χ1) is 7.00. The van der Waals surface area contributed by atoms with Crippen molar-refractivity contribution in [1.82, 2.24) is 14.5 Å². The van der Waals surface area contributed by atoms with Gasteiger partial charge in [-0.1, -0.05) is 0 Å². The van der Waals surface area contributed by atoms with Crippen molar-refractivity contribution in [3.8, 4) is 0 Å². The maximum absolute atomic E-state index is 10.7. The number of imidazole rings is 1. The summed E-state index contributed by atoms with van der Waals surface area (Å²) >= 11 is 0. The highest BCUT2D eigenvalue weighted by Gasteiger charge is 2.14. The zero-order chi connectivity index (χ0) is 11.4. The van der Waals surface area contributed by atoms with Crippen LogP contribution in [0.25, 0.3) is 0 Å². The molecule has 0 aliphatic carbocycles. The van der Waals surface area contributed by atoms with Crippen LogP contribution in [-0.4, -0.2) is 38.1 Å². The molecule has 0 aliphatic rings. The lowest BCUT2D eigenvalue weighted by Crippen LogP contribution is -2.35. The highest BCUT2D eigenvalue weighted by atomic mass is 16.4. The molecule has 0 aromatic carbocycles. The number of aliphatic carboxylic acids is 1. The number of aromatic nitrogens is 2. The number of hydrogen-bond acceptors (Lipinski definition) is 3. The first-order valence-electron chi connectivity index (χ1n) is 4.91. The first-order valence-corrected chi connectivity index (χ1v) is 4.91. The van der Waals surface area contributed by atoms with Crippen molar-refractivity contribution in [2.75, 3.05) is 6.54 Å². The largest absolute Gasteiger partial charge is 0.480 e. The second-order valence-electron chi connectivity index (χ2n) is 3.89. The highest BCUT2D eigenvalue weighted by molar-refractivity contribution is 5.69. The number of aryl methyl sites for hydroxylation is 1. The summed E-state index contributed by atoms with van der Waals surface area (Å²) in [5.41, 5.74) is 1.02. The Morgan fingerprint density at radius 3 is 2.73 bits per heavy atom. The SMILES string of the molecule is CC(C)N(CC(=O)O)Cc1cncn1C. The number of rotatable bonds is 5. The smallest absolute Gasteiger partial charge is 0.317 e. The van der Waals surface area contributed by atoms with E-state index in [1.807, 2.05) is 30.4 Å². The Morgan fingerprint density at radius 1 is 1.67 bits per heavy atom. The molecule has 1 aromatic heterocycles. The van der Waals surface area contributed by atoms with Crippen molar-refractivity contribution in [1.29, 1.82) is 0 Å². The van der Waals surface area contributed by atoms with E-state index in [0.29, 0.717) is 6.54 Å². The Kier molecular flexibility index (Phi) is 3.85. The molecule has 1 heterocycles. The summed E-state index contributed by atoms with van der Waals surface area (Å²) in [5.74, 6) is -0.800. The lowest BCUT2D eigenvalue weighted by Gasteiger charge is -2.24. The number of carboxylic acid groups (broad SMARTS) is 1. The minimum atomic E-state index is -0.800. The van der Waals surface area contributed by atoms with Crippen LogP contribution in [0.15, 0.2) is 12.5 Å². The molecule has 84 valence electrons. The van der Waals surface area contributed by atoms with E-state index >= 15 is 0 Å². The molecule has 0 bridgehead atoms. The molecule has 0 aliphatic heterocycles. The van der Waals surface area contributed by atoms with E-state index in [2.05, 4.69) is 4.98 Å². The van der Waals surface area contributed by atoms with Gasteiger partial charge in [-0.3, -0.25) is 9.69 Å². The fourth-order valence-electron chi connectivity index (χ4n) is 1.34. The van der Waals surface area contributed by atoms with Gasteiger partial charge in [-0.25, -0.2) is 4.98 Å². The first kappa shape index (κ1) is 11.7. The molecule has 1 N–H and O–H groups in total. The maximum atomic E-state index is 10.7. The van der Waals surface area contributed by atoms with E-state index in [-0.39, 0.29) is 12.6 Å². The Labute approximate surface area is 89.3 Å². The predicted octanol–water partition coefficient (Wildman–Crippen LogP) is 0.715. The lowest BCUT2D eigenvalue weighted by molar-refractivity contribution is -0.139. The average molecular weight is 211 g/mol. The van der Waals surface area contributed by atoms with Crippen LogP contribution in [0.1, 0.15) is 19.5 Å². The Hall–Kier alpha value is -1.36. The summed E-state index contributed by atoms with van der Waals surface area (Å²) in [6.45, 7) is 4.64. The van der Waals surface area contributed by atoms with Crippen molar-refractivity contribution in [2.24, 2.45) is 7.05 Å². The second-order valence-corrected chi connectivity index (χ2v) is 3.89. The molecule has 1 aromatic rings. The van der Waals surface area contributed by atoms with Crippen LogP contribution >= 0.6 is 0 Å². The standard InChI is InChI=1S/C10H17N3O2/c1-8(2)13(6-10(14)15)5-9-4-11-7-12(9)3/h4,7-8H,5-6H2,1-3H3,(H,14,15). The number of hydrogen-bond donors (Lipinski definition) is 1. The molecule has 0 saturated heterocycles. The number of carbonyl (C=O) groups is 1. The predicted molar refractivity (Wildman–Crippen MR) is 56.4 cm³/mol. The summed E-state index contributed by atoms with van der Waals surface area (Å²) in [6, 6.07) is 0.205. The van der Waals surface area contributed by atoms with Gasteiger partial charge in [0.2, 0.25) is 0 Å². The summed E-state index contributed by atoms with van der Waals surface area (Å²) in [4.78, 5) is 16.6. The third-order valence-corrected chi connectivity index (χ3v) is 2.35. The molecule has 15 heavy (non-hydrogen) atoms. The summed E-state index contributed by atoms with van der Waals surface area (Å²) < 4.78 is 1.90. The minimum Gasteiger partial charge on any atom is -0.480 e. The Morgan fingerprint density at radius 2 is 2.33 bits per heavy atom. The van der Waals surface area contributed by atoms with Crippen molar-refractivity contribution in [3.63, 3.8) is 0 Å². The van der Waals surface area contributed by atoms with E-state index in [1.54, 1.807) is 12.5 Å². The van der Waals surface area contributed by atoms with E-state index in [4.69, 9.17) is 5.11 Å². The van der Waals surface area contributed by atoms with Crippen molar-refractivity contribution < 1.29 is 9.90 Å². The van der Waals surface area contributed by atoms with Gasteiger partial charge in [0.1, 0.15) is 0 Å². The zero-order valence-corrected chi connectivity index (χ0v) is 9.34. The van der Waals surface area contributed by atoms with Crippen molar-refractivity contribution >= 4 is 5.97 Å². The van der Waals surface area contributed by atoms with Gasteiger partial charge in [0.25, 0.3) is 0 Å². The molecular formula is C10H17N3O2. The molecule has 1 rings (SSSR count). The lowest BCUT2D eigenvalue weighted by atomic mass is 10.3. The van der Waals surface area contributed by atoms with E-state index < -0.39 is 5.97 Å². The van der Waals surface area contributed by atoms with Crippen molar-refractivity contribution in [3.05, 3.63) is 18.2 Å². The molecule has 0 saturated carbocycles. The molecule has 0 unspecified atom stereocenters. The molecule has 0 fully saturated rings. The Bertz CT molecular complexity index is 333. The highest BCUT2D eigenvalue weighted by Crippen LogP contribution is 2.06. The fraction of sp³-hybridized carbons (Fsp3) is 0.600. The maximum Gasteiger partial charge on any atom is 0.317 e. The van der Waals surface area contributed by atoms with E-state index in [1.165, 1.54) is 0 Å². The Balaban J connectivity index is 2.67. The summed E-state index contributed by atoms with van der Waals surface area (Å²) in [5, 5.41) is 8.77. The van der Waals surface area contributed by atoms with Gasteiger partial charge in [0, 0.05) is 25.8 Å². The molecular weight excluding hydrogens is 194 g/mol. The monoisotopic (exact) mass is 211 g/mol. The van der Waals surface area contributed by atoms with Crippen LogP contribution in [0.5, 0.6) is 0 Å². The topological polar surface area (TPSA) is 58.4 Å². The van der Waals surface area contributed by atoms with Crippen LogP contribution in [0.3, 0.4) is 0 Å². The normalized spacial score (nSPS) is 11.3. The average Bonchev–Trinajstić information content (AvgIpc) is 2.50. The van der Waals surface area contributed by atoms with Gasteiger partial charge in [-0.15, -0.1) is 0 Å².